The summed E-state index contributed by atoms with van der Waals surface area (Å²) in [4.78, 5) is 0. The van der Waals surface area contributed by atoms with E-state index in [1.165, 1.54) is 6.54 Å². The van der Waals surface area contributed by atoms with Crippen LogP contribution in [-0.2, 0) is 8.53 Å². The second-order valence-corrected chi connectivity index (χ2v) is 4.06. The van der Waals surface area contributed by atoms with Crippen molar-refractivity contribution >= 4 is 15.8 Å². The van der Waals surface area contributed by atoms with E-state index < -0.39 is 0 Å². The Balaban J connectivity index is 1.91. The molecule has 0 saturated carbocycles. The summed E-state index contributed by atoms with van der Waals surface area (Å²) >= 11 is -0.293. The maximum atomic E-state index is 5.31. The first kappa shape index (κ1) is 8.51. The van der Waals surface area contributed by atoms with E-state index >= 15 is 0 Å². The fourth-order valence-electron chi connectivity index (χ4n) is 1.06. The lowest BCUT2D eigenvalue weighted by Crippen LogP contribution is -2.24. The normalized spacial score (nSPS) is 19.3. The van der Waals surface area contributed by atoms with Gasteiger partial charge in [0.05, 0.1) is 0 Å². The summed E-state index contributed by atoms with van der Waals surface area (Å²) in [5.41, 5.74) is 0. The molecule has 1 aliphatic rings. The standard InChI is InChI=1S/C6H13NO2.Al.H/c1-9-6-2-3-7-4-5-8;;/h2-6H2,1H3;;/q-2;+2;. The van der Waals surface area contributed by atoms with E-state index in [0.29, 0.717) is 0 Å². The second-order valence-electron chi connectivity index (χ2n) is 2.50. The van der Waals surface area contributed by atoms with Gasteiger partial charge in [0.2, 0.25) is 0 Å². The van der Waals surface area contributed by atoms with Crippen LogP contribution in [0.1, 0.15) is 6.42 Å². The SMILES string of the molecule is COCCC[N]1CC[O][AlH]1. The van der Waals surface area contributed by atoms with Crippen molar-refractivity contribution in [3.05, 3.63) is 0 Å². The molecule has 0 aliphatic carbocycles. The summed E-state index contributed by atoms with van der Waals surface area (Å²) in [6.07, 6.45) is 1.15. The van der Waals surface area contributed by atoms with Crippen LogP contribution in [0.15, 0.2) is 0 Å². The fraction of sp³-hybridized carbons (Fsp3) is 1.00. The molecule has 58 valence electrons. The highest BCUT2D eigenvalue weighted by Gasteiger charge is 2.14. The first-order chi connectivity index (χ1) is 4.93. The van der Waals surface area contributed by atoms with Gasteiger partial charge in [-0.3, -0.25) is 0 Å². The van der Waals surface area contributed by atoms with E-state index in [4.69, 9.17) is 8.53 Å². The van der Waals surface area contributed by atoms with Crippen molar-refractivity contribution in [2.24, 2.45) is 0 Å². The molecule has 0 bridgehead atoms. The largest absolute Gasteiger partial charge is 0.555 e. The summed E-state index contributed by atoms with van der Waals surface area (Å²) in [5.74, 6) is 0. The molecule has 1 aliphatic heterocycles. The molecule has 1 heterocycles. The number of methoxy groups -OCH3 is 1. The molecule has 1 rings (SSSR count). The van der Waals surface area contributed by atoms with E-state index in [2.05, 4.69) is 3.88 Å². The van der Waals surface area contributed by atoms with Gasteiger partial charge in [0.15, 0.2) is 0 Å². The number of rotatable bonds is 4. The van der Waals surface area contributed by atoms with E-state index in [-0.39, 0.29) is 15.8 Å². The minimum Gasteiger partial charge on any atom is -0.490 e. The molecule has 0 aromatic heterocycles. The van der Waals surface area contributed by atoms with E-state index in [1.807, 2.05) is 0 Å². The third kappa shape index (κ3) is 3.00. The van der Waals surface area contributed by atoms with Gasteiger partial charge in [0.1, 0.15) is 0 Å². The molecular formula is C6H14AlNO2. The van der Waals surface area contributed by atoms with Crippen LogP contribution in [0.4, 0.5) is 0 Å². The van der Waals surface area contributed by atoms with Gasteiger partial charge >= 0.3 is 15.8 Å². The Morgan fingerprint density at radius 3 is 3.20 bits per heavy atom. The van der Waals surface area contributed by atoms with Gasteiger partial charge in [0.25, 0.3) is 0 Å². The molecule has 1 fully saturated rings. The van der Waals surface area contributed by atoms with Gasteiger partial charge < -0.3 is 12.4 Å². The molecule has 0 aromatic carbocycles. The Kier molecular flexibility index (Phi) is 4.35. The summed E-state index contributed by atoms with van der Waals surface area (Å²) < 4.78 is 12.7. The number of hydrogen-bond donors (Lipinski definition) is 0. The van der Waals surface area contributed by atoms with Crippen molar-refractivity contribution in [1.82, 2.24) is 3.88 Å². The average Bonchev–Trinajstić information content (AvgIpc) is 2.41. The molecule has 3 nitrogen and oxygen atoms in total. The molecule has 0 atom stereocenters. The van der Waals surface area contributed by atoms with Crippen LogP contribution >= 0.6 is 0 Å². The second kappa shape index (κ2) is 5.11. The van der Waals surface area contributed by atoms with Gasteiger partial charge in [-0.15, -0.1) is 0 Å². The predicted molar refractivity (Wildman–Crippen MR) is 41.2 cm³/mol. The van der Waals surface area contributed by atoms with Gasteiger partial charge in [-0.2, -0.15) is 0 Å². The zero-order valence-corrected chi connectivity index (χ0v) is 7.92. The maximum absolute atomic E-state index is 5.31. The molecule has 0 aromatic rings. The molecular weight excluding hydrogens is 145 g/mol. The highest BCUT2D eigenvalue weighted by Crippen LogP contribution is 1.96. The molecule has 0 N–H and O–H groups in total. The Labute approximate surface area is 68.6 Å². The highest BCUT2D eigenvalue weighted by atomic mass is 27.1. The Hall–Kier alpha value is 0.412. The van der Waals surface area contributed by atoms with Crippen LogP contribution in [-0.4, -0.2) is 53.1 Å². The van der Waals surface area contributed by atoms with Gasteiger partial charge in [0, 0.05) is 26.9 Å². The first-order valence-electron chi connectivity index (χ1n) is 3.72. The van der Waals surface area contributed by atoms with Crippen molar-refractivity contribution < 1.29 is 8.53 Å². The molecule has 0 radical (unpaired) electrons. The quantitative estimate of drug-likeness (QED) is 0.412. The van der Waals surface area contributed by atoms with Crippen molar-refractivity contribution in [2.45, 2.75) is 6.42 Å². The van der Waals surface area contributed by atoms with Crippen molar-refractivity contribution in [3.8, 4) is 0 Å². The number of hydrogen-bond acceptors (Lipinski definition) is 3. The van der Waals surface area contributed by atoms with Crippen LogP contribution in [0.25, 0.3) is 0 Å². The lowest BCUT2D eigenvalue weighted by molar-refractivity contribution is 0.188. The van der Waals surface area contributed by atoms with Crippen LogP contribution in [0.5, 0.6) is 0 Å². The summed E-state index contributed by atoms with van der Waals surface area (Å²) in [6, 6.07) is 0. The van der Waals surface area contributed by atoms with E-state index in [1.54, 1.807) is 7.11 Å². The number of ether oxygens (including phenoxy) is 1. The Bertz CT molecular complexity index is 85.8. The Morgan fingerprint density at radius 2 is 2.60 bits per heavy atom. The van der Waals surface area contributed by atoms with Crippen LogP contribution < -0.4 is 0 Å². The minimum absolute atomic E-state index is 0.293. The molecule has 10 heavy (non-hydrogen) atoms. The predicted octanol–water partition coefficient (Wildman–Crippen LogP) is -0.378. The van der Waals surface area contributed by atoms with E-state index in [0.717, 1.165) is 26.2 Å². The average molecular weight is 159 g/mol. The van der Waals surface area contributed by atoms with Gasteiger partial charge in [-0.25, -0.2) is 0 Å². The first-order valence-corrected chi connectivity index (χ1v) is 4.93. The lowest BCUT2D eigenvalue weighted by atomic mass is 10.4. The van der Waals surface area contributed by atoms with Crippen molar-refractivity contribution in [3.63, 3.8) is 0 Å². The van der Waals surface area contributed by atoms with Crippen molar-refractivity contribution in [1.29, 1.82) is 0 Å². The number of nitrogens with zero attached hydrogens (tertiary/aromatic N) is 1. The van der Waals surface area contributed by atoms with Gasteiger partial charge in [-0.1, -0.05) is 0 Å². The topological polar surface area (TPSA) is 21.7 Å². The minimum atomic E-state index is -0.293. The van der Waals surface area contributed by atoms with Crippen LogP contribution in [0.2, 0.25) is 0 Å². The van der Waals surface area contributed by atoms with Gasteiger partial charge in [-0.05, 0) is 13.0 Å². The third-order valence-electron chi connectivity index (χ3n) is 1.65. The zero-order valence-electron chi connectivity index (χ0n) is 6.51. The molecule has 4 heteroatoms. The highest BCUT2D eigenvalue weighted by molar-refractivity contribution is 6.24. The summed E-state index contributed by atoms with van der Waals surface area (Å²) in [6.45, 7) is 4.15. The molecule has 0 unspecified atom stereocenters. The smallest absolute Gasteiger partial charge is 0.490 e. The van der Waals surface area contributed by atoms with Crippen molar-refractivity contribution in [2.75, 3.05) is 33.4 Å². The Morgan fingerprint density at radius 1 is 1.70 bits per heavy atom. The summed E-state index contributed by atoms with van der Waals surface area (Å²) in [7, 11) is 1.75. The monoisotopic (exact) mass is 159 g/mol. The maximum Gasteiger partial charge on any atom is 0.555 e. The third-order valence-corrected chi connectivity index (χ3v) is 3.12. The summed E-state index contributed by atoms with van der Waals surface area (Å²) in [5, 5.41) is 0. The lowest BCUT2D eigenvalue weighted by Gasteiger charge is -2.10. The fourth-order valence-corrected chi connectivity index (χ4v) is 2.19. The molecule has 0 spiro atoms. The molecule has 0 amide bonds. The molecule has 1 saturated heterocycles. The zero-order chi connectivity index (χ0) is 7.23. The van der Waals surface area contributed by atoms with Crippen LogP contribution in [0, 0.1) is 0 Å². The van der Waals surface area contributed by atoms with E-state index in [9.17, 15) is 0 Å². The van der Waals surface area contributed by atoms with Crippen LogP contribution in [0.3, 0.4) is 0 Å².